The van der Waals surface area contributed by atoms with Gasteiger partial charge in [0.2, 0.25) is 0 Å². The van der Waals surface area contributed by atoms with Gasteiger partial charge in [0.15, 0.2) is 0 Å². The molecule has 0 saturated carbocycles. The summed E-state index contributed by atoms with van der Waals surface area (Å²) in [6.45, 7) is 0. The Morgan fingerprint density at radius 3 is 2.42 bits per heavy atom. The van der Waals surface area contributed by atoms with Crippen LogP contribution in [-0.4, -0.2) is 24.3 Å². The Hall–Kier alpha value is -3.34. The molecule has 4 aromatic rings. The van der Waals surface area contributed by atoms with Crippen molar-refractivity contribution in [2.45, 2.75) is 0 Å². The van der Waals surface area contributed by atoms with Crippen molar-refractivity contribution in [3.05, 3.63) is 99.2 Å². The van der Waals surface area contributed by atoms with E-state index in [0.29, 0.717) is 15.6 Å². The number of H-pyrrole nitrogens is 1. The predicted octanol–water partition coefficient (Wildman–Crippen LogP) is 6.94. The van der Waals surface area contributed by atoms with E-state index in [0.717, 1.165) is 44.4 Å². The van der Waals surface area contributed by atoms with Crippen molar-refractivity contribution in [3.63, 3.8) is 0 Å². The maximum atomic E-state index is 11.9. The van der Waals surface area contributed by atoms with E-state index in [1.54, 1.807) is 12.1 Å². The number of allylic oxidation sites excluding steroid dienone is 1. The van der Waals surface area contributed by atoms with Crippen molar-refractivity contribution in [2.24, 2.45) is 4.99 Å². The van der Waals surface area contributed by atoms with Gasteiger partial charge in [0.1, 0.15) is 0 Å². The highest BCUT2D eigenvalue weighted by molar-refractivity contribution is 6.33. The minimum absolute atomic E-state index is 0.376. The summed E-state index contributed by atoms with van der Waals surface area (Å²) in [6.07, 6.45) is 3.82. The lowest BCUT2D eigenvalue weighted by molar-refractivity contribution is 0.0600. The number of benzene rings is 3. The number of carbonyl (C=O) groups excluding carboxylic acids is 1. The van der Waals surface area contributed by atoms with Gasteiger partial charge in [-0.3, -0.25) is 4.99 Å². The lowest BCUT2D eigenvalue weighted by atomic mass is 9.89. The zero-order chi connectivity index (χ0) is 21.5. The number of fused-ring (bicyclic) bond motifs is 2. The average Bonchev–Trinajstić information content (AvgIpc) is 3.38. The molecule has 4 nitrogen and oxygen atoms in total. The van der Waals surface area contributed by atoms with Gasteiger partial charge in [0.05, 0.1) is 18.4 Å². The normalized spacial score (nSPS) is 14.0. The number of nitrogens with zero attached hydrogens (tertiary/aromatic N) is 1. The third kappa shape index (κ3) is 3.44. The first-order chi connectivity index (χ1) is 15.0. The molecule has 31 heavy (non-hydrogen) atoms. The molecule has 1 N–H and O–H groups in total. The zero-order valence-corrected chi connectivity index (χ0v) is 18.0. The van der Waals surface area contributed by atoms with Gasteiger partial charge in [-0.2, -0.15) is 0 Å². The van der Waals surface area contributed by atoms with Crippen LogP contribution < -0.4 is 0 Å². The van der Waals surface area contributed by atoms with Crippen LogP contribution in [0.25, 0.3) is 22.0 Å². The standard InChI is InChI=1S/C25H16Cl2N2O2/c1-31-25(30)15-4-2-14(3-5-15)24(20-12-28-22-8-6-16(26)10-18(20)22)21-13-29-23-9-7-17(27)11-19(21)23/h2-13,28H,1H3/b24-21+. The molecule has 0 spiro atoms. The quantitative estimate of drug-likeness (QED) is 0.346. The Balaban J connectivity index is 1.79. The fraction of sp³-hybridized carbons (Fsp3) is 0.0400. The molecule has 152 valence electrons. The molecule has 1 aliphatic heterocycles. The maximum absolute atomic E-state index is 11.9. The van der Waals surface area contributed by atoms with Crippen LogP contribution in [0, 0.1) is 0 Å². The highest BCUT2D eigenvalue weighted by Crippen LogP contribution is 2.42. The Morgan fingerprint density at radius 1 is 0.935 bits per heavy atom. The number of aromatic amines is 1. The number of halogens is 2. The molecule has 0 aliphatic carbocycles. The van der Waals surface area contributed by atoms with E-state index in [4.69, 9.17) is 27.9 Å². The third-order valence-corrected chi connectivity index (χ3v) is 5.83. The van der Waals surface area contributed by atoms with Gasteiger partial charge in [-0.1, -0.05) is 35.3 Å². The zero-order valence-electron chi connectivity index (χ0n) is 16.4. The Bertz CT molecular complexity index is 1400. The second kappa shape index (κ2) is 7.73. The first kappa shape index (κ1) is 19.6. The van der Waals surface area contributed by atoms with Crippen molar-refractivity contribution in [2.75, 3.05) is 7.11 Å². The second-order valence-corrected chi connectivity index (χ2v) is 8.04. The fourth-order valence-electron chi connectivity index (χ4n) is 3.89. The first-order valence-electron chi connectivity index (χ1n) is 9.59. The van der Waals surface area contributed by atoms with Crippen LogP contribution in [0.15, 0.2) is 71.9 Å². The van der Waals surface area contributed by atoms with Crippen molar-refractivity contribution in [1.29, 1.82) is 0 Å². The number of ether oxygens (including phenoxy) is 1. The Kier molecular flexibility index (Phi) is 4.89. The topological polar surface area (TPSA) is 54.4 Å². The number of rotatable bonds is 3. The molecule has 1 aromatic heterocycles. The van der Waals surface area contributed by atoms with Crippen molar-refractivity contribution >= 4 is 63.1 Å². The first-order valence-corrected chi connectivity index (χ1v) is 10.3. The van der Waals surface area contributed by atoms with Gasteiger partial charge < -0.3 is 9.72 Å². The van der Waals surface area contributed by atoms with Crippen LogP contribution in [0.3, 0.4) is 0 Å². The van der Waals surface area contributed by atoms with Gasteiger partial charge in [0.25, 0.3) is 0 Å². The molecular weight excluding hydrogens is 431 g/mol. The molecule has 0 saturated heterocycles. The molecule has 0 fully saturated rings. The minimum Gasteiger partial charge on any atom is -0.465 e. The summed E-state index contributed by atoms with van der Waals surface area (Å²) in [7, 11) is 1.37. The monoisotopic (exact) mass is 446 g/mol. The van der Waals surface area contributed by atoms with Crippen LogP contribution in [0.2, 0.25) is 10.0 Å². The van der Waals surface area contributed by atoms with Crippen molar-refractivity contribution in [3.8, 4) is 0 Å². The molecule has 0 radical (unpaired) electrons. The second-order valence-electron chi connectivity index (χ2n) is 7.17. The number of methoxy groups -OCH3 is 1. The van der Waals surface area contributed by atoms with Gasteiger partial charge in [-0.05, 0) is 54.1 Å². The van der Waals surface area contributed by atoms with E-state index >= 15 is 0 Å². The van der Waals surface area contributed by atoms with E-state index in [1.165, 1.54) is 7.11 Å². The summed E-state index contributed by atoms with van der Waals surface area (Å²) in [5.41, 5.74) is 7.11. The summed E-state index contributed by atoms with van der Waals surface area (Å²) in [5, 5.41) is 2.29. The molecular formula is C25H16Cl2N2O2. The summed E-state index contributed by atoms with van der Waals surface area (Å²) in [6, 6.07) is 18.8. The van der Waals surface area contributed by atoms with Crippen LogP contribution >= 0.6 is 23.2 Å². The molecule has 0 bridgehead atoms. The van der Waals surface area contributed by atoms with Crippen LogP contribution in [0.1, 0.15) is 27.0 Å². The van der Waals surface area contributed by atoms with Gasteiger partial charge in [0, 0.05) is 55.6 Å². The van der Waals surface area contributed by atoms with E-state index in [1.807, 2.05) is 60.9 Å². The molecule has 0 amide bonds. The predicted molar refractivity (Wildman–Crippen MR) is 127 cm³/mol. The number of nitrogens with one attached hydrogen (secondary N) is 1. The van der Waals surface area contributed by atoms with Gasteiger partial charge in [-0.15, -0.1) is 0 Å². The van der Waals surface area contributed by atoms with Crippen LogP contribution in [0.5, 0.6) is 0 Å². The molecule has 1 aliphatic rings. The molecule has 0 atom stereocenters. The fourth-order valence-corrected chi connectivity index (χ4v) is 4.23. The minimum atomic E-state index is -0.376. The molecule has 5 rings (SSSR count). The van der Waals surface area contributed by atoms with E-state index in [9.17, 15) is 4.79 Å². The average molecular weight is 447 g/mol. The number of carbonyl (C=O) groups is 1. The lowest BCUT2D eigenvalue weighted by Crippen LogP contribution is -2.01. The maximum Gasteiger partial charge on any atom is 0.337 e. The summed E-state index contributed by atoms with van der Waals surface area (Å²) in [5.74, 6) is -0.376. The van der Waals surface area contributed by atoms with Gasteiger partial charge in [-0.25, -0.2) is 4.79 Å². The number of aromatic nitrogens is 1. The van der Waals surface area contributed by atoms with Crippen molar-refractivity contribution in [1.82, 2.24) is 4.98 Å². The molecule has 0 unspecified atom stereocenters. The van der Waals surface area contributed by atoms with Crippen LogP contribution in [0.4, 0.5) is 5.69 Å². The lowest BCUT2D eigenvalue weighted by Gasteiger charge is -2.13. The van der Waals surface area contributed by atoms with E-state index < -0.39 is 0 Å². The number of hydrogen-bond acceptors (Lipinski definition) is 3. The Labute approximate surface area is 188 Å². The number of aliphatic imine (C=N–C) groups is 1. The van der Waals surface area contributed by atoms with Crippen LogP contribution in [-0.2, 0) is 4.74 Å². The van der Waals surface area contributed by atoms with Gasteiger partial charge >= 0.3 is 5.97 Å². The smallest absolute Gasteiger partial charge is 0.337 e. The number of esters is 1. The van der Waals surface area contributed by atoms with E-state index in [-0.39, 0.29) is 5.97 Å². The summed E-state index contributed by atoms with van der Waals surface area (Å²) < 4.78 is 4.83. The molecule has 3 aromatic carbocycles. The third-order valence-electron chi connectivity index (χ3n) is 5.36. The number of hydrogen-bond donors (Lipinski definition) is 1. The Morgan fingerprint density at radius 2 is 1.65 bits per heavy atom. The summed E-state index contributed by atoms with van der Waals surface area (Å²) in [4.78, 5) is 19.8. The highest BCUT2D eigenvalue weighted by Gasteiger charge is 2.22. The SMILES string of the molecule is COC(=O)c1ccc(/C(=C2/C=Nc3ccc(Cl)cc32)c2c[nH]c3ccc(Cl)cc23)cc1. The summed E-state index contributed by atoms with van der Waals surface area (Å²) >= 11 is 12.6. The highest BCUT2D eigenvalue weighted by atomic mass is 35.5. The van der Waals surface area contributed by atoms with Crippen molar-refractivity contribution < 1.29 is 9.53 Å². The largest absolute Gasteiger partial charge is 0.465 e. The molecule has 6 heteroatoms. The van der Waals surface area contributed by atoms with E-state index in [2.05, 4.69) is 9.98 Å². The molecule has 2 heterocycles.